The molecular formula is C12H17N7O. The van der Waals surface area contributed by atoms with E-state index in [2.05, 4.69) is 25.0 Å². The summed E-state index contributed by atoms with van der Waals surface area (Å²) in [5.41, 5.74) is 5.78. The van der Waals surface area contributed by atoms with Gasteiger partial charge in [0.1, 0.15) is 0 Å². The van der Waals surface area contributed by atoms with Crippen LogP contribution in [0.1, 0.15) is 12.8 Å². The van der Waals surface area contributed by atoms with Crippen molar-refractivity contribution in [2.24, 2.45) is 0 Å². The molecular weight excluding hydrogens is 258 g/mol. The molecule has 3 heterocycles. The Labute approximate surface area is 116 Å². The molecule has 8 nitrogen and oxygen atoms in total. The van der Waals surface area contributed by atoms with E-state index in [0.717, 1.165) is 25.9 Å². The molecule has 8 heteroatoms. The van der Waals surface area contributed by atoms with E-state index in [1.165, 1.54) is 0 Å². The molecule has 106 valence electrons. The highest BCUT2D eigenvalue weighted by atomic mass is 16.5. The fraction of sp³-hybridized carbons (Fsp3) is 0.500. The van der Waals surface area contributed by atoms with Gasteiger partial charge in [-0.15, -0.1) is 0 Å². The Balaban J connectivity index is 1.89. The Hall–Kier alpha value is -2.22. The van der Waals surface area contributed by atoms with Crippen LogP contribution >= 0.6 is 0 Å². The predicted octanol–water partition coefficient (Wildman–Crippen LogP) is 0.255. The first-order chi connectivity index (χ1) is 9.76. The number of aromatic nitrogens is 5. The van der Waals surface area contributed by atoms with Gasteiger partial charge in [0.15, 0.2) is 0 Å². The molecule has 0 radical (unpaired) electrons. The lowest BCUT2D eigenvalue weighted by Crippen LogP contribution is -2.40. The molecule has 3 rings (SSSR count). The summed E-state index contributed by atoms with van der Waals surface area (Å²) in [6, 6.07) is 1.81. The minimum Gasteiger partial charge on any atom is -0.380 e. The highest BCUT2D eigenvalue weighted by Crippen LogP contribution is 2.18. The molecule has 1 unspecified atom stereocenters. The molecule has 20 heavy (non-hydrogen) atoms. The quantitative estimate of drug-likeness (QED) is 0.858. The lowest BCUT2D eigenvalue weighted by atomic mass is 10.1. The summed E-state index contributed by atoms with van der Waals surface area (Å²) in [5, 5.41) is 4.11. The zero-order chi connectivity index (χ0) is 13.9. The molecule has 1 atom stereocenters. The molecule has 1 saturated heterocycles. The number of hydrogen-bond donors (Lipinski definition) is 1. The van der Waals surface area contributed by atoms with Crippen molar-refractivity contribution in [1.82, 2.24) is 24.7 Å². The van der Waals surface area contributed by atoms with E-state index in [0.29, 0.717) is 11.9 Å². The average molecular weight is 275 g/mol. The van der Waals surface area contributed by atoms with Gasteiger partial charge in [0, 0.05) is 32.6 Å². The standard InChI is InChI=1S/C12H17N7O/c1-20-9-4-2-6-18(8-9)11-15-10(13)16-12(17-11)19-7-3-5-14-19/h3,5,7,9H,2,4,6,8H2,1H3,(H2,13,15,16,17). The first kappa shape index (κ1) is 12.8. The maximum atomic E-state index is 5.78. The summed E-state index contributed by atoms with van der Waals surface area (Å²) in [5.74, 6) is 1.20. The summed E-state index contributed by atoms with van der Waals surface area (Å²) < 4.78 is 6.98. The van der Waals surface area contributed by atoms with E-state index < -0.39 is 0 Å². The fourth-order valence-corrected chi connectivity index (χ4v) is 2.31. The van der Waals surface area contributed by atoms with Crippen molar-refractivity contribution in [3.8, 4) is 5.95 Å². The van der Waals surface area contributed by atoms with Gasteiger partial charge >= 0.3 is 0 Å². The zero-order valence-electron chi connectivity index (χ0n) is 11.3. The van der Waals surface area contributed by atoms with Crippen LogP contribution in [0.4, 0.5) is 11.9 Å². The van der Waals surface area contributed by atoms with Crippen LogP contribution in [-0.2, 0) is 4.74 Å². The second kappa shape index (κ2) is 5.41. The first-order valence-corrected chi connectivity index (χ1v) is 6.55. The lowest BCUT2D eigenvalue weighted by molar-refractivity contribution is 0.0889. The van der Waals surface area contributed by atoms with Gasteiger partial charge in [0.2, 0.25) is 11.9 Å². The lowest BCUT2D eigenvalue weighted by Gasteiger charge is -2.31. The van der Waals surface area contributed by atoms with Crippen molar-refractivity contribution in [2.75, 3.05) is 30.8 Å². The van der Waals surface area contributed by atoms with Gasteiger partial charge in [-0.1, -0.05) is 0 Å². The van der Waals surface area contributed by atoms with E-state index >= 15 is 0 Å². The van der Waals surface area contributed by atoms with Crippen LogP contribution in [0.2, 0.25) is 0 Å². The molecule has 2 aromatic rings. The zero-order valence-corrected chi connectivity index (χ0v) is 11.3. The number of piperidine rings is 1. The second-order valence-electron chi connectivity index (χ2n) is 4.69. The summed E-state index contributed by atoms with van der Waals surface area (Å²) >= 11 is 0. The topological polar surface area (TPSA) is 95.0 Å². The molecule has 2 aromatic heterocycles. The molecule has 0 saturated carbocycles. The average Bonchev–Trinajstić information content (AvgIpc) is 3.01. The van der Waals surface area contributed by atoms with Crippen LogP contribution in [0.3, 0.4) is 0 Å². The van der Waals surface area contributed by atoms with Crippen LogP contribution in [0.25, 0.3) is 5.95 Å². The third-order valence-electron chi connectivity index (χ3n) is 3.33. The number of nitrogens with two attached hydrogens (primary N) is 1. The molecule has 0 amide bonds. The molecule has 2 N–H and O–H groups in total. The number of ether oxygens (including phenoxy) is 1. The van der Waals surface area contributed by atoms with E-state index in [-0.39, 0.29) is 12.1 Å². The van der Waals surface area contributed by atoms with Gasteiger partial charge in [-0.05, 0) is 18.9 Å². The molecule has 0 aromatic carbocycles. The van der Waals surface area contributed by atoms with E-state index in [1.54, 1.807) is 24.2 Å². The summed E-state index contributed by atoms with van der Waals surface area (Å²) in [4.78, 5) is 14.8. The van der Waals surface area contributed by atoms with Crippen LogP contribution < -0.4 is 10.6 Å². The number of rotatable bonds is 3. The van der Waals surface area contributed by atoms with Gasteiger partial charge in [0.25, 0.3) is 5.95 Å². The fourth-order valence-electron chi connectivity index (χ4n) is 2.31. The van der Waals surface area contributed by atoms with E-state index in [1.807, 2.05) is 6.07 Å². The smallest absolute Gasteiger partial charge is 0.257 e. The van der Waals surface area contributed by atoms with Crippen molar-refractivity contribution < 1.29 is 4.74 Å². The molecule has 1 aliphatic rings. The normalized spacial score (nSPS) is 19.2. The second-order valence-corrected chi connectivity index (χ2v) is 4.69. The maximum Gasteiger partial charge on any atom is 0.257 e. The van der Waals surface area contributed by atoms with Gasteiger partial charge < -0.3 is 15.4 Å². The minimum absolute atomic E-state index is 0.194. The maximum absolute atomic E-state index is 5.78. The first-order valence-electron chi connectivity index (χ1n) is 6.55. The van der Waals surface area contributed by atoms with Gasteiger partial charge in [-0.2, -0.15) is 20.1 Å². The SMILES string of the molecule is COC1CCCN(c2nc(N)nc(-n3cccn3)n2)C1. The highest BCUT2D eigenvalue weighted by molar-refractivity contribution is 5.38. The van der Waals surface area contributed by atoms with Crippen LogP contribution in [0.15, 0.2) is 18.5 Å². The molecule has 0 aliphatic carbocycles. The van der Waals surface area contributed by atoms with Crippen LogP contribution in [0.5, 0.6) is 0 Å². The summed E-state index contributed by atoms with van der Waals surface area (Å²) in [6.45, 7) is 1.65. The molecule has 0 spiro atoms. The predicted molar refractivity (Wildman–Crippen MR) is 73.6 cm³/mol. The van der Waals surface area contributed by atoms with Crippen LogP contribution in [-0.4, -0.2) is 51.0 Å². The number of anilines is 2. The number of nitrogens with zero attached hydrogens (tertiary/aromatic N) is 6. The Bertz CT molecular complexity index is 571. The monoisotopic (exact) mass is 275 g/mol. The van der Waals surface area contributed by atoms with Crippen molar-refractivity contribution in [1.29, 1.82) is 0 Å². The molecule has 1 fully saturated rings. The van der Waals surface area contributed by atoms with Gasteiger partial charge in [-0.25, -0.2) is 4.68 Å². The Morgan fingerprint density at radius 1 is 1.30 bits per heavy atom. The minimum atomic E-state index is 0.194. The third-order valence-corrected chi connectivity index (χ3v) is 3.33. The largest absolute Gasteiger partial charge is 0.380 e. The Kier molecular flexibility index (Phi) is 3.46. The van der Waals surface area contributed by atoms with Crippen molar-refractivity contribution in [3.63, 3.8) is 0 Å². The third kappa shape index (κ3) is 2.55. The Morgan fingerprint density at radius 3 is 2.90 bits per heavy atom. The highest BCUT2D eigenvalue weighted by Gasteiger charge is 2.22. The number of nitrogen functional groups attached to an aromatic ring is 1. The van der Waals surface area contributed by atoms with E-state index in [9.17, 15) is 0 Å². The molecule has 0 bridgehead atoms. The summed E-state index contributed by atoms with van der Waals surface area (Å²) in [7, 11) is 1.73. The number of methoxy groups -OCH3 is 1. The van der Waals surface area contributed by atoms with E-state index in [4.69, 9.17) is 10.5 Å². The van der Waals surface area contributed by atoms with Crippen molar-refractivity contribution >= 4 is 11.9 Å². The number of hydrogen-bond acceptors (Lipinski definition) is 7. The Morgan fingerprint density at radius 2 is 2.15 bits per heavy atom. The van der Waals surface area contributed by atoms with Crippen molar-refractivity contribution in [3.05, 3.63) is 18.5 Å². The molecule has 1 aliphatic heterocycles. The van der Waals surface area contributed by atoms with Crippen molar-refractivity contribution in [2.45, 2.75) is 18.9 Å². The van der Waals surface area contributed by atoms with Gasteiger partial charge in [-0.3, -0.25) is 0 Å². The van der Waals surface area contributed by atoms with Gasteiger partial charge in [0.05, 0.1) is 6.10 Å². The summed E-state index contributed by atoms with van der Waals surface area (Å²) in [6.07, 6.45) is 5.74. The van der Waals surface area contributed by atoms with Crippen LogP contribution in [0, 0.1) is 0 Å².